The number of fused-ring (bicyclic) bond motifs is 12. The van der Waals surface area contributed by atoms with Crippen molar-refractivity contribution in [3.05, 3.63) is 202 Å². The molecule has 0 saturated heterocycles. The monoisotopic (exact) mass is 1090 g/mol. The van der Waals surface area contributed by atoms with Crippen LogP contribution in [0.2, 0.25) is 0 Å². The smallest absolute Gasteiger partial charge is 0.264 e. The van der Waals surface area contributed by atoms with E-state index in [1.807, 2.05) is 0 Å². The Hall–Kier alpha value is -6.82. The van der Waals surface area contributed by atoms with Crippen LogP contribution in [0, 0.1) is 0 Å². The van der Waals surface area contributed by atoms with Gasteiger partial charge in [0.15, 0.2) is 0 Å². The van der Waals surface area contributed by atoms with Crippen LogP contribution in [0.3, 0.4) is 0 Å². The average molecular weight is 1090 g/mol. The van der Waals surface area contributed by atoms with Gasteiger partial charge in [-0.2, -0.15) is 0 Å². The third-order valence-corrected chi connectivity index (χ3v) is 23.0. The van der Waals surface area contributed by atoms with E-state index in [1.54, 1.807) is 0 Å². The van der Waals surface area contributed by atoms with Crippen molar-refractivity contribution in [2.24, 2.45) is 0 Å². The van der Waals surface area contributed by atoms with Crippen LogP contribution in [0.25, 0.3) is 21.2 Å². The van der Waals surface area contributed by atoms with Crippen molar-refractivity contribution >= 4 is 95.0 Å². The number of para-hydroxylation sites is 2. The zero-order valence-corrected chi connectivity index (χ0v) is 51.9. The normalized spacial score (nSPS) is 19.9. The number of hydrogen-bond acceptors (Lipinski definition) is 4. The van der Waals surface area contributed by atoms with Crippen LogP contribution in [0.1, 0.15) is 180 Å². The maximum Gasteiger partial charge on any atom is 0.264 e. The molecular weight excluding hydrogens is 1010 g/mol. The number of rotatable bonds is 5. The second-order valence-electron chi connectivity index (χ2n) is 30.1. The molecule has 6 aliphatic rings. The topological polar surface area (TPSA) is 9.72 Å². The molecule has 0 saturated carbocycles. The lowest BCUT2D eigenvalue weighted by Crippen LogP contribution is -2.61. The average Bonchev–Trinajstić information content (AvgIpc) is 2.25. The van der Waals surface area contributed by atoms with Gasteiger partial charge in [-0.05, 0) is 205 Å². The minimum atomic E-state index is -0.183. The third kappa shape index (κ3) is 7.32. The molecule has 0 atom stereocenters. The third-order valence-electron chi connectivity index (χ3n) is 21.8. The predicted octanol–water partition coefficient (Wildman–Crippen LogP) is 19.8. The SMILES string of the molecule is CC1(C)CCC(C)(C)c2cc(N3c4cc5c(cc4B4c6sc7cc8c(cc7c6N(c6cccc7c6-c6ccccc6C7(C)C)c6cc(N(c7ccccc7)c7ccccc7)cc3c64)C(C)(C)CCC8(C)C)C(C)(C)CCC5(C)C)ccc21. The second kappa shape index (κ2) is 17.2. The van der Waals surface area contributed by atoms with Gasteiger partial charge >= 0.3 is 0 Å². The fourth-order valence-electron chi connectivity index (χ4n) is 16.5. The largest absolute Gasteiger partial charge is 0.311 e. The molecule has 0 N–H and O–H groups in total. The van der Waals surface area contributed by atoms with Crippen molar-refractivity contribution in [2.45, 2.75) is 173 Å². The van der Waals surface area contributed by atoms with E-state index in [4.69, 9.17) is 0 Å². The zero-order valence-electron chi connectivity index (χ0n) is 51.1. The van der Waals surface area contributed by atoms with Gasteiger partial charge in [-0.1, -0.05) is 182 Å². The summed E-state index contributed by atoms with van der Waals surface area (Å²) in [6, 6.07) is 62.4. The molecule has 5 heteroatoms. The highest BCUT2D eigenvalue weighted by Crippen LogP contribution is 2.60. The van der Waals surface area contributed by atoms with E-state index in [-0.39, 0.29) is 44.6 Å². The fraction of sp³-hybridized carbons (Fsp3) is 0.351. The number of hydrogen-bond donors (Lipinski definition) is 0. The Kier molecular flexibility index (Phi) is 10.9. The molecule has 8 aromatic carbocycles. The van der Waals surface area contributed by atoms with Gasteiger partial charge in [0.25, 0.3) is 6.71 Å². The van der Waals surface area contributed by atoms with Crippen LogP contribution in [-0.2, 0) is 37.9 Å². The Labute approximate surface area is 493 Å². The van der Waals surface area contributed by atoms with Gasteiger partial charge in [-0.3, -0.25) is 0 Å². The van der Waals surface area contributed by atoms with Crippen LogP contribution in [0.15, 0.2) is 158 Å². The van der Waals surface area contributed by atoms with E-state index in [1.165, 1.54) is 128 Å². The molecule has 0 bridgehead atoms. The molecule has 3 nitrogen and oxygen atoms in total. The van der Waals surface area contributed by atoms with E-state index in [0.717, 1.165) is 42.7 Å². The molecule has 0 spiro atoms. The molecule has 15 rings (SSSR count). The van der Waals surface area contributed by atoms with Gasteiger partial charge in [0.05, 0.1) is 17.1 Å². The Morgan fingerprint density at radius 2 is 0.890 bits per heavy atom. The fourth-order valence-corrected chi connectivity index (χ4v) is 17.8. The summed E-state index contributed by atoms with van der Waals surface area (Å²) in [7, 11) is 0. The van der Waals surface area contributed by atoms with Crippen molar-refractivity contribution in [3.8, 4) is 11.1 Å². The van der Waals surface area contributed by atoms with Gasteiger partial charge in [-0.15, -0.1) is 11.3 Å². The van der Waals surface area contributed by atoms with Crippen LogP contribution in [0.5, 0.6) is 0 Å². The second-order valence-corrected chi connectivity index (χ2v) is 31.2. The molecule has 0 fully saturated rings. The highest BCUT2D eigenvalue weighted by atomic mass is 32.1. The first kappa shape index (κ1) is 52.0. The van der Waals surface area contributed by atoms with Crippen molar-refractivity contribution < 1.29 is 0 Å². The lowest BCUT2D eigenvalue weighted by molar-refractivity contribution is 0.332. The summed E-state index contributed by atoms with van der Waals surface area (Å²) in [5, 5.41) is 1.37. The summed E-state index contributed by atoms with van der Waals surface area (Å²) in [5.74, 6) is 0. The zero-order chi connectivity index (χ0) is 57.0. The maximum absolute atomic E-state index is 2.80. The Balaban J connectivity index is 1.14. The van der Waals surface area contributed by atoms with Crippen LogP contribution < -0.4 is 30.4 Å². The molecule has 9 aromatic rings. The van der Waals surface area contributed by atoms with Gasteiger partial charge in [0.1, 0.15) is 0 Å². The summed E-state index contributed by atoms with van der Waals surface area (Å²) in [5.41, 5.74) is 28.4. The van der Waals surface area contributed by atoms with Crippen LogP contribution in [0.4, 0.5) is 51.2 Å². The quantitative estimate of drug-likeness (QED) is 0.159. The summed E-state index contributed by atoms with van der Waals surface area (Å²) in [6.45, 7) is 34.8. The molecule has 0 radical (unpaired) electrons. The number of nitrogens with zero attached hydrogens (tertiary/aromatic N) is 3. The lowest BCUT2D eigenvalue weighted by atomic mass is 9.35. The van der Waals surface area contributed by atoms with Crippen LogP contribution >= 0.6 is 11.3 Å². The van der Waals surface area contributed by atoms with Gasteiger partial charge in [-0.25, -0.2) is 0 Å². The van der Waals surface area contributed by atoms with E-state index in [9.17, 15) is 0 Å². The number of anilines is 9. The Morgan fingerprint density at radius 3 is 1.50 bits per heavy atom. The van der Waals surface area contributed by atoms with Crippen LogP contribution in [-0.4, -0.2) is 6.71 Å². The molecule has 2 aliphatic heterocycles. The molecule has 1 aromatic heterocycles. The molecular formula is C77H80BN3S. The number of benzene rings is 8. The lowest BCUT2D eigenvalue weighted by Gasteiger charge is -2.48. The maximum atomic E-state index is 2.80. The van der Waals surface area contributed by atoms with Crippen molar-refractivity contribution in [2.75, 3.05) is 14.7 Å². The van der Waals surface area contributed by atoms with E-state index in [0.29, 0.717) is 0 Å². The van der Waals surface area contributed by atoms with Crippen molar-refractivity contribution in [3.63, 3.8) is 0 Å². The minimum absolute atomic E-state index is 0.000689. The highest BCUT2D eigenvalue weighted by Gasteiger charge is 2.51. The van der Waals surface area contributed by atoms with Gasteiger partial charge in [0, 0.05) is 60.0 Å². The Morgan fingerprint density at radius 1 is 0.390 bits per heavy atom. The summed E-state index contributed by atoms with van der Waals surface area (Å²) in [6.07, 6.45) is 6.99. The predicted molar refractivity (Wildman–Crippen MR) is 354 cm³/mol. The molecule has 0 amide bonds. The first-order chi connectivity index (χ1) is 38.9. The van der Waals surface area contributed by atoms with Gasteiger partial charge < -0.3 is 14.7 Å². The highest BCUT2D eigenvalue weighted by molar-refractivity contribution is 7.33. The van der Waals surface area contributed by atoms with Crippen molar-refractivity contribution in [1.29, 1.82) is 0 Å². The van der Waals surface area contributed by atoms with Gasteiger partial charge in [0.2, 0.25) is 0 Å². The standard InChI is InChI=1S/C77H80BN3S/c1-71(2)34-35-72(3,4)56-40-49(32-33-54(56)71)80-63-45-59-58(74(7,8)37-38-75(59,9)10)44-61(63)78-68-64(80)41-50(79(47-24-17-15-18-25-47)48-26-19-16-20-27-48)42-65(68)81(62-31-23-30-55-67(62)51-28-21-22-29-53(51)77(55,13)14)69-52-43-57-60(46-66(52)82-70(69)78)76(11,12)39-36-73(57,5)6/h15-33,40-46H,34-39H2,1-14H3. The minimum Gasteiger partial charge on any atom is -0.311 e. The number of thiophene rings is 1. The first-order valence-corrected chi connectivity index (χ1v) is 31.6. The van der Waals surface area contributed by atoms with E-state index < -0.39 is 0 Å². The Bertz CT molecular complexity index is 4130. The van der Waals surface area contributed by atoms with E-state index >= 15 is 0 Å². The summed E-state index contributed by atoms with van der Waals surface area (Å²) >= 11 is 2.08. The molecule has 82 heavy (non-hydrogen) atoms. The molecule has 4 aliphatic carbocycles. The molecule has 412 valence electrons. The molecule has 3 heterocycles. The van der Waals surface area contributed by atoms with E-state index in [2.05, 4.69) is 281 Å². The molecule has 0 unspecified atom stereocenters. The van der Waals surface area contributed by atoms with Crippen molar-refractivity contribution in [1.82, 2.24) is 0 Å². The first-order valence-electron chi connectivity index (χ1n) is 30.8. The summed E-state index contributed by atoms with van der Waals surface area (Å²) in [4.78, 5) is 8.08. The summed E-state index contributed by atoms with van der Waals surface area (Å²) < 4.78 is 2.84.